The fourth-order valence-electron chi connectivity index (χ4n) is 7.51. The van der Waals surface area contributed by atoms with Crippen LogP contribution in [0, 0.1) is 22.7 Å². The molecule has 5 rings (SSSR count). The zero-order valence-electron chi connectivity index (χ0n) is 14.1. The van der Waals surface area contributed by atoms with Gasteiger partial charge in [0.1, 0.15) is 5.76 Å². The topological polar surface area (TPSA) is 53.6 Å². The molecular formula is C20H28O3. The molecule has 2 unspecified atom stereocenters. The summed E-state index contributed by atoms with van der Waals surface area (Å²) in [4.78, 5) is 0. The van der Waals surface area contributed by atoms with Crippen molar-refractivity contribution in [3.05, 3.63) is 23.7 Å². The standard InChI is InChI=1S/C20H28O3/c1-18-7-5-16-14(6-9-23-16)15(18)4-8-19-10-13(2-3-17(18)19)20(22,11-19)12-21/h6,9,13,15,17,21-22H,2-5,7-8,10-12H2,1H3/t13?,15?,17-,18+,19-,20-/m1/s1. The smallest absolute Gasteiger partial charge is 0.107 e. The molecule has 0 radical (unpaired) electrons. The summed E-state index contributed by atoms with van der Waals surface area (Å²) < 4.78 is 5.72. The van der Waals surface area contributed by atoms with Crippen LogP contribution in [-0.2, 0) is 6.42 Å². The van der Waals surface area contributed by atoms with E-state index in [1.54, 1.807) is 0 Å². The van der Waals surface area contributed by atoms with Crippen LogP contribution < -0.4 is 0 Å². The summed E-state index contributed by atoms with van der Waals surface area (Å²) in [5.41, 5.74) is 1.26. The molecule has 126 valence electrons. The Morgan fingerprint density at radius 2 is 2.13 bits per heavy atom. The monoisotopic (exact) mass is 316 g/mol. The van der Waals surface area contributed by atoms with Gasteiger partial charge in [-0.05, 0) is 85.2 Å². The molecule has 2 N–H and O–H groups in total. The number of hydrogen-bond acceptors (Lipinski definition) is 3. The van der Waals surface area contributed by atoms with Gasteiger partial charge >= 0.3 is 0 Å². The first-order valence-corrected chi connectivity index (χ1v) is 9.40. The van der Waals surface area contributed by atoms with Gasteiger partial charge in [0.2, 0.25) is 0 Å². The van der Waals surface area contributed by atoms with Crippen LogP contribution in [0.5, 0.6) is 0 Å². The van der Waals surface area contributed by atoms with Crippen LogP contribution >= 0.6 is 0 Å². The third-order valence-electron chi connectivity index (χ3n) is 8.46. The molecule has 1 aromatic heterocycles. The van der Waals surface area contributed by atoms with Crippen molar-refractivity contribution in [1.29, 1.82) is 0 Å². The number of aliphatic hydroxyl groups excluding tert-OH is 1. The first kappa shape index (κ1) is 14.5. The minimum atomic E-state index is -0.812. The van der Waals surface area contributed by atoms with E-state index in [1.165, 1.54) is 37.0 Å². The van der Waals surface area contributed by atoms with Crippen molar-refractivity contribution in [1.82, 2.24) is 0 Å². The molecule has 1 spiro atoms. The Morgan fingerprint density at radius 1 is 1.26 bits per heavy atom. The summed E-state index contributed by atoms with van der Waals surface area (Å²) in [7, 11) is 0. The van der Waals surface area contributed by atoms with Crippen molar-refractivity contribution >= 4 is 0 Å². The van der Waals surface area contributed by atoms with E-state index in [9.17, 15) is 10.2 Å². The quantitative estimate of drug-likeness (QED) is 0.831. The molecule has 3 nitrogen and oxygen atoms in total. The predicted molar refractivity (Wildman–Crippen MR) is 87.0 cm³/mol. The van der Waals surface area contributed by atoms with Crippen LogP contribution in [0.2, 0.25) is 0 Å². The van der Waals surface area contributed by atoms with Crippen LogP contribution in [0.1, 0.15) is 69.1 Å². The van der Waals surface area contributed by atoms with Gasteiger partial charge in [-0.2, -0.15) is 0 Å². The highest BCUT2D eigenvalue weighted by Crippen LogP contribution is 2.71. The predicted octanol–water partition coefficient (Wildman–Crippen LogP) is 3.64. The number of aliphatic hydroxyl groups is 2. The van der Waals surface area contributed by atoms with Crippen molar-refractivity contribution in [3.63, 3.8) is 0 Å². The van der Waals surface area contributed by atoms with Crippen molar-refractivity contribution in [2.45, 2.75) is 69.8 Å². The van der Waals surface area contributed by atoms with Crippen molar-refractivity contribution in [2.75, 3.05) is 6.61 Å². The lowest BCUT2D eigenvalue weighted by molar-refractivity contribution is -0.0727. The highest BCUT2D eigenvalue weighted by atomic mass is 16.3. The Hall–Kier alpha value is -0.800. The highest BCUT2D eigenvalue weighted by molar-refractivity contribution is 5.31. The first-order valence-electron chi connectivity index (χ1n) is 9.40. The Morgan fingerprint density at radius 3 is 2.96 bits per heavy atom. The molecule has 3 saturated carbocycles. The Labute approximate surface area is 138 Å². The maximum absolute atomic E-state index is 10.9. The van der Waals surface area contributed by atoms with E-state index >= 15 is 0 Å². The number of furan rings is 1. The average molecular weight is 316 g/mol. The molecule has 3 fully saturated rings. The first-order chi connectivity index (χ1) is 11.0. The van der Waals surface area contributed by atoms with Gasteiger partial charge in [0.15, 0.2) is 0 Å². The molecule has 6 atom stereocenters. The maximum Gasteiger partial charge on any atom is 0.107 e. The van der Waals surface area contributed by atoms with Crippen LogP contribution in [0.15, 0.2) is 16.7 Å². The molecule has 0 amide bonds. The number of fused-ring (bicyclic) bond motifs is 5. The molecular weight excluding hydrogens is 288 g/mol. The average Bonchev–Trinajstić information content (AvgIpc) is 3.09. The van der Waals surface area contributed by atoms with Crippen molar-refractivity contribution < 1.29 is 14.6 Å². The Kier molecular flexibility index (Phi) is 2.80. The molecule has 0 aromatic carbocycles. The molecule has 2 bridgehead atoms. The van der Waals surface area contributed by atoms with Gasteiger partial charge in [0.25, 0.3) is 0 Å². The number of aryl methyl sites for hydroxylation is 1. The molecule has 4 aliphatic rings. The van der Waals surface area contributed by atoms with Gasteiger partial charge in [0, 0.05) is 6.42 Å². The summed E-state index contributed by atoms with van der Waals surface area (Å²) in [5.74, 6) is 2.85. The molecule has 0 saturated heterocycles. The second-order valence-electron chi connectivity index (χ2n) is 9.23. The largest absolute Gasteiger partial charge is 0.469 e. The molecule has 23 heavy (non-hydrogen) atoms. The minimum Gasteiger partial charge on any atom is -0.469 e. The van der Waals surface area contributed by atoms with Crippen molar-refractivity contribution in [2.24, 2.45) is 22.7 Å². The second kappa shape index (κ2) is 4.43. The number of rotatable bonds is 1. The zero-order chi connectivity index (χ0) is 15.9. The zero-order valence-corrected chi connectivity index (χ0v) is 14.1. The highest BCUT2D eigenvalue weighted by Gasteiger charge is 2.65. The van der Waals surface area contributed by atoms with E-state index in [0.717, 1.165) is 25.7 Å². The maximum atomic E-state index is 10.9. The van der Waals surface area contributed by atoms with Crippen LogP contribution in [0.4, 0.5) is 0 Å². The van der Waals surface area contributed by atoms with E-state index in [2.05, 4.69) is 13.0 Å². The van der Waals surface area contributed by atoms with E-state index in [-0.39, 0.29) is 12.0 Å². The van der Waals surface area contributed by atoms with Gasteiger partial charge in [-0.3, -0.25) is 0 Å². The normalized spacial score (nSPS) is 51.0. The Balaban J connectivity index is 1.56. The van der Waals surface area contributed by atoms with Crippen LogP contribution in [0.25, 0.3) is 0 Å². The molecule has 1 heterocycles. The van der Waals surface area contributed by atoms with Crippen LogP contribution in [-0.4, -0.2) is 22.4 Å². The summed E-state index contributed by atoms with van der Waals surface area (Å²) in [5, 5.41) is 20.7. The van der Waals surface area contributed by atoms with Gasteiger partial charge in [0.05, 0.1) is 18.5 Å². The van der Waals surface area contributed by atoms with E-state index in [1.807, 2.05) is 6.26 Å². The Bertz CT molecular complexity index is 637. The van der Waals surface area contributed by atoms with E-state index in [0.29, 0.717) is 23.2 Å². The van der Waals surface area contributed by atoms with Crippen molar-refractivity contribution in [3.8, 4) is 0 Å². The van der Waals surface area contributed by atoms with E-state index in [4.69, 9.17) is 4.42 Å². The van der Waals surface area contributed by atoms with Gasteiger partial charge in [-0.1, -0.05) is 6.92 Å². The molecule has 0 aliphatic heterocycles. The van der Waals surface area contributed by atoms with Gasteiger partial charge in [-0.15, -0.1) is 0 Å². The lowest BCUT2D eigenvalue weighted by Crippen LogP contribution is -2.51. The van der Waals surface area contributed by atoms with E-state index < -0.39 is 5.60 Å². The SMILES string of the molecule is C[C@]12CCc3occc3C1CC[C@]13CC(CC[C@@H]12)[C@](O)(CO)C3. The lowest BCUT2D eigenvalue weighted by atomic mass is 9.45. The summed E-state index contributed by atoms with van der Waals surface area (Å²) in [6, 6.07) is 2.21. The summed E-state index contributed by atoms with van der Waals surface area (Å²) >= 11 is 0. The minimum absolute atomic E-state index is 0.0574. The number of hydrogen-bond donors (Lipinski definition) is 2. The van der Waals surface area contributed by atoms with Gasteiger partial charge < -0.3 is 14.6 Å². The molecule has 1 aromatic rings. The molecule has 3 heteroatoms. The van der Waals surface area contributed by atoms with Crippen LogP contribution in [0.3, 0.4) is 0 Å². The second-order valence-corrected chi connectivity index (χ2v) is 9.23. The summed E-state index contributed by atoms with van der Waals surface area (Å²) in [6.45, 7) is 2.45. The third-order valence-corrected chi connectivity index (χ3v) is 8.46. The third kappa shape index (κ3) is 1.68. The summed E-state index contributed by atoms with van der Waals surface area (Å²) in [6.07, 6.45) is 10.9. The lowest BCUT2D eigenvalue weighted by Gasteiger charge is -2.59. The van der Waals surface area contributed by atoms with Gasteiger partial charge in [-0.25, -0.2) is 0 Å². The molecule has 4 aliphatic carbocycles. The fourth-order valence-corrected chi connectivity index (χ4v) is 7.51. The fraction of sp³-hybridized carbons (Fsp3) is 0.800.